The van der Waals surface area contributed by atoms with E-state index in [2.05, 4.69) is 63.0 Å². The van der Waals surface area contributed by atoms with Crippen LogP contribution in [0.5, 0.6) is 5.75 Å². The lowest BCUT2D eigenvalue weighted by molar-refractivity contribution is 0.471. The van der Waals surface area contributed by atoms with E-state index in [1.165, 1.54) is 6.21 Å². The molecule has 1 aromatic carbocycles. The smallest absolute Gasteiger partial charge is 0.283 e. The number of aromatic hydroxyl groups is 1. The highest BCUT2D eigenvalue weighted by molar-refractivity contribution is 9.11. The van der Waals surface area contributed by atoms with Crippen molar-refractivity contribution < 1.29 is 5.11 Å². The zero-order chi connectivity index (χ0) is 12.3. The highest BCUT2D eigenvalue weighted by Gasteiger charge is 2.05. The van der Waals surface area contributed by atoms with E-state index < -0.39 is 0 Å². The third-order valence-electron chi connectivity index (χ3n) is 1.77. The van der Waals surface area contributed by atoms with Crippen LogP contribution in [0.2, 0.25) is 0 Å². The summed E-state index contributed by atoms with van der Waals surface area (Å²) in [4.78, 5) is 0. The first-order valence-corrected chi connectivity index (χ1v) is 5.96. The monoisotopic (exact) mass is 360 g/mol. The summed E-state index contributed by atoms with van der Waals surface area (Å²) in [5, 5.41) is 26.5. The Hall–Kier alpha value is -1.48. The second-order valence-electron chi connectivity index (χ2n) is 2.93. The number of nitrogens with one attached hydrogen (secondary N) is 2. The van der Waals surface area contributed by atoms with Gasteiger partial charge in [0.1, 0.15) is 5.75 Å². The molecule has 1 heterocycles. The van der Waals surface area contributed by atoms with Crippen molar-refractivity contribution in [2.45, 2.75) is 0 Å². The fourth-order valence-electron chi connectivity index (χ4n) is 1.05. The lowest BCUT2D eigenvalue weighted by Crippen LogP contribution is -1.93. The summed E-state index contributed by atoms with van der Waals surface area (Å²) in [6, 6.07) is 3.46. The predicted molar refractivity (Wildman–Crippen MR) is 68.9 cm³/mol. The summed E-state index contributed by atoms with van der Waals surface area (Å²) in [6.07, 6.45) is 1.45. The van der Waals surface area contributed by atoms with Gasteiger partial charge < -0.3 is 5.11 Å². The average molecular weight is 362 g/mol. The van der Waals surface area contributed by atoms with E-state index in [-0.39, 0.29) is 11.7 Å². The van der Waals surface area contributed by atoms with E-state index >= 15 is 0 Å². The summed E-state index contributed by atoms with van der Waals surface area (Å²) in [6.45, 7) is 0. The molecular formula is C8H6Br2N6O. The van der Waals surface area contributed by atoms with Crippen LogP contribution in [-0.4, -0.2) is 31.9 Å². The maximum atomic E-state index is 9.74. The van der Waals surface area contributed by atoms with Gasteiger partial charge in [-0.15, -0.1) is 5.10 Å². The van der Waals surface area contributed by atoms with E-state index in [1.807, 2.05) is 0 Å². The van der Waals surface area contributed by atoms with Crippen LogP contribution >= 0.6 is 31.9 Å². The van der Waals surface area contributed by atoms with Crippen molar-refractivity contribution in [3.63, 3.8) is 0 Å². The maximum absolute atomic E-state index is 9.74. The van der Waals surface area contributed by atoms with Gasteiger partial charge in [-0.2, -0.15) is 10.3 Å². The Kier molecular flexibility index (Phi) is 3.69. The molecular weight excluding hydrogens is 356 g/mol. The minimum Gasteiger partial charge on any atom is -0.506 e. The number of aromatic amines is 1. The molecule has 1 aromatic heterocycles. The third kappa shape index (κ3) is 3.01. The van der Waals surface area contributed by atoms with Crippen LogP contribution in [0.25, 0.3) is 0 Å². The molecule has 0 aliphatic heterocycles. The van der Waals surface area contributed by atoms with E-state index in [4.69, 9.17) is 0 Å². The highest BCUT2D eigenvalue weighted by Crippen LogP contribution is 2.30. The number of hydrazone groups is 1. The Bertz CT molecular complexity index is 541. The first kappa shape index (κ1) is 12.0. The summed E-state index contributed by atoms with van der Waals surface area (Å²) in [5.74, 6) is 0.349. The fraction of sp³-hybridized carbons (Fsp3) is 0. The van der Waals surface area contributed by atoms with Gasteiger partial charge in [0.25, 0.3) is 5.95 Å². The number of benzene rings is 1. The summed E-state index contributed by atoms with van der Waals surface area (Å²) >= 11 is 6.54. The summed E-state index contributed by atoms with van der Waals surface area (Å²) in [5.41, 5.74) is 3.09. The Morgan fingerprint density at radius 3 is 2.94 bits per heavy atom. The molecule has 0 unspecified atom stereocenters. The van der Waals surface area contributed by atoms with Crippen LogP contribution in [0.4, 0.5) is 5.95 Å². The van der Waals surface area contributed by atoms with Crippen molar-refractivity contribution in [3.8, 4) is 5.75 Å². The van der Waals surface area contributed by atoms with Gasteiger partial charge in [0.05, 0.1) is 10.7 Å². The predicted octanol–water partition coefficient (Wildman–Crippen LogP) is 1.88. The lowest BCUT2D eigenvalue weighted by atomic mass is 10.2. The third-order valence-corrected chi connectivity index (χ3v) is 2.83. The fourth-order valence-corrected chi connectivity index (χ4v) is 2.31. The van der Waals surface area contributed by atoms with Crippen LogP contribution in [0, 0.1) is 0 Å². The first-order valence-electron chi connectivity index (χ1n) is 4.37. The number of tetrazole rings is 1. The van der Waals surface area contributed by atoms with Crippen molar-refractivity contribution >= 4 is 44.0 Å². The molecule has 17 heavy (non-hydrogen) atoms. The molecule has 0 spiro atoms. The lowest BCUT2D eigenvalue weighted by Gasteiger charge is -2.02. The molecule has 0 radical (unpaired) electrons. The molecule has 0 atom stereocenters. The van der Waals surface area contributed by atoms with Crippen molar-refractivity contribution in [2.24, 2.45) is 5.10 Å². The van der Waals surface area contributed by atoms with Crippen LogP contribution < -0.4 is 5.43 Å². The topological polar surface area (TPSA) is 99.1 Å². The van der Waals surface area contributed by atoms with Gasteiger partial charge in [0.15, 0.2) is 0 Å². The average Bonchev–Trinajstić information content (AvgIpc) is 2.78. The molecule has 0 aliphatic rings. The van der Waals surface area contributed by atoms with Gasteiger partial charge in [-0.3, -0.25) is 0 Å². The van der Waals surface area contributed by atoms with Gasteiger partial charge in [-0.05, 0) is 33.3 Å². The maximum Gasteiger partial charge on any atom is 0.283 e. The number of anilines is 1. The minimum absolute atomic E-state index is 0.104. The number of hydrogen-bond donors (Lipinski definition) is 3. The second kappa shape index (κ2) is 5.23. The second-order valence-corrected chi connectivity index (χ2v) is 4.70. The molecule has 88 valence electrons. The number of halogens is 2. The number of aromatic nitrogens is 4. The molecule has 3 N–H and O–H groups in total. The molecule has 9 heteroatoms. The molecule has 0 fully saturated rings. The van der Waals surface area contributed by atoms with Gasteiger partial charge >= 0.3 is 0 Å². The first-order chi connectivity index (χ1) is 8.16. The number of phenolic OH excluding ortho intramolecular Hbond substituents is 1. The van der Waals surface area contributed by atoms with Crippen molar-refractivity contribution in [2.75, 3.05) is 5.43 Å². The van der Waals surface area contributed by atoms with E-state index in [0.29, 0.717) is 10.0 Å². The molecule has 0 aliphatic carbocycles. The molecule has 0 bridgehead atoms. The number of rotatable bonds is 3. The highest BCUT2D eigenvalue weighted by atomic mass is 79.9. The molecule has 0 saturated heterocycles. The van der Waals surface area contributed by atoms with Crippen molar-refractivity contribution in [3.05, 3.63) is 26.6 Å². The zero-order valence-electron chi connectivity index (χ0n) is 8.22. The van der Waals surface area contributed by atoms with Crippen molar-refractivity contribution in [1.29, 1.82) is 0 Å². The van der Waals surface area contributed by atoms with Gasteiger partial charge in [0.2, 0.25) is 0 Å². The molecule has 0 saturated carbocycles. The number of phenols is 1. The Morgan fingerprint density at radius 1 is 1.41 bits per heavy atom. The molecule has 2 rings (SSSR count). The molecule has 0 amide bonds. The largest absolute Gasteiger partial charge is 0.506 e. The minimum atomic E-state index is 0.104. The van der Waals surface area contributed by atoms with Crippen LogP contribution in [-0.2, 0) is 0 Å². The Balaban J connectivity index is 2.15. The Morgan fingerprint density at radius 2 is 2.24 bits per heavy atom. The Labute approximate surface area is 113 Å². The summed E-state index contributed by atoms with van der Waals surface area (Å²) < 4.78 is 1.40. The number of hydrogen-bond acceptors (Lipinski definition) is 6. The van der Waals surface area contributed by atoms with E-state index in [9.17, 15) is 5.11 Å². The van der Waals surface area contributed by atoms with Gasteiger partial charge in [-0.1, -0.05) is 21.0 Å². The zero-order valence-corrected chi connectivity index (χ0v) is 11.4. The van der Waals surface area contributed by atoms with Gasteiger partial charge in [0, 0.05) is 10.0 Å². The standard InChI is InChI=1S/C8H6Br2N6O/c9-5-1-4(7(17)6(10)2-5)3-11-12-8-13-15-16-14-8/h1-3,17H,(H2,12,13,14,15,16)/b11-3-. The van der Waals surface area contributed by atoms with Crippen LogP contribution in [0.1, 0.15) is 5.56 Å². The SMILES string of the molecule is Oc1c(Br)cc(Br)cc1/C=N\Nc1nn[nH]n1. The molecule has 2 aromatic rings. The van der Waals surface area contributed by atoms with Crippen LogP contribution in [0.15, 0.2) is 26.2 Å². The normalized spacial score (nSPS) is 10.9. The van der Waals surface area contributed by atoms with Crippen molar-refractivity contribution in [1.82, 2.24) is 20.6 Å². The number of H-pyrrole nitrogens is 1. The quantitative estimate of drug-likeness (QED) is 0.572. The van der Waals surface area contributed by atoms with E-state index in [1.54, 1.807) is 12.1 Å². The van der Waals surface area contributed by atoms with Gasteiger partial charge in [-0.25, -0.2) is 5.43 Å². The van der Waals surface area contributed by atoms with E-state index in [0.717, 1.165) is 4.47 Å². The number of nitrogens with zero attached hydrogens (tertiary/aromatic N) is 4. The molecule has 7 nitrogen and oxygen atoms in total. The summed E-state index contributed by atoms with van der Waals surface area (Å²) in [7, 11) is 0. The van der Waals surface area contributed by atoms with Crippen LogP contribution in [0.3, 0.4) is 0 Å².